The average molecular weight is 355 g/mol. The molecule has 23 heavy (non-hydrogen) atoms. The van der Waals surface area contributed by atoms with Crippen LogP contribution in [0, 0.1) is 5.41 Å². The minimum Gasteiger partial charge on any atom is -0.273 e. The first-order valence-corrected chi connectivity index (χ1v) is 7.48. The molecule has 120 valence electrons. The molecule has 1 aromatic carbocycles. The van der Waals surface area contributed by atoms with Crippen molar-refractivity contribution in [1.82, 2.24) is 21.0 Å². The molecule has 0 saturated heterocycles. The van der Waals surface area contributed by atoms with Crippen LogP contribution in [0.5, 0.6) is 0 Å². The summed E-state index contributed by atoms with van der Waals surface area (Å²) in [5.41, 5.74) is 3.17. The van der Waals surface area contributed by atoms with E-state index in [0.29, 0.717) is 17.2 Å². The Morgan fingerprint density at radius 2 is 1.83 bits per heavy atom. The van der Waals surface area contributed by atoms with Gasteiger partial charge >= 0.3 is 0 Å². The predicted molar refractivity (Wildman–Crippen MR) is 85.1 cm³/mol. The van der Waals surface area contributed by atoms with Crippen LogP contribution in [0.3, 0.4) is 0 Å². The van der Waals surface area contributed by atoms with Crippen LogP contribution in [0.25, 0.3) is 10.8 Å². The number of alkyl halides is 2. The normalized spacial score (nSPS) is 21.7. The van der Waals surface area contributed by atoms with Crippen molar-refractivity contribution in [3.05, 3.63) is 40.3 Å². The molecule has 1 heterocycles. The smallest absolute Gasteiger partial charge is 0.273 e. The van der Waals surface area contributed by atoms with E-state index in [1.54, 1.807) is 31.2 Å². The summed E-state index contributed by atoms with van der Waals surface area (Å²) in [6.07, 6.45) is 0.296. The van der Waals surface area contributed by atoms with Crippen LogP contribution in [-0.4, -0.2) is 26.3 Å². The molecule has 7 nitrogen and oxygen atoms in total. The van der Waals surface area contributed by atoms with Crippen LogP contribution in [0.2, 0.25) is 0 Å². The van der Waals surface area contributed by atoms with Crippen LogP contribution in [-0.2, 0) is 4.79 Å². The van der Waals surface area contributed by atoms with Gasteiger partial charge in [-0.2, -0.15) is 5.10 Å². The van der Waals surface area contributed by atoms with E-state index in [1.165, 1.54) is 0 Å². The number of amides is 2. The van der Waals surface area contributed by atoms with E-state index in [2.05, 4.69) is 21.0 Å². The summed E-state index contributed by atoms with van der Waals surface area (Å²) >= 11 is 11.8. The zero-order valence-corrected chi connectivity index (χ0v) is 13.5. The maximum Gasteiger partial charge on any atom is 0.290 e. The third-order valence-corrected chi connectivity index (χ3v) is 5.06. The van der Waals surface area contributed by atoms with Gasteiger partial charge in [-0.05, 0) is 19.4 Å². The molecule has 3 N–H and O–H groups in total. The highest BCUT2D eigenvalue weighted by atomic mass is 35.5. The maximum absolute atomic E-state index is 12.2. The van der Waals surface area contributed by atoms with Crippen LogP contribution in [0.1, 0.15) is 23.8 Å². The first kappa shape index (κ1) is 15.8. The van der Waals surface area contributed by atoms with Gasteiger partial charge < -0.3 is 0 Å². The third-order valence-electron chi connectivity index (χ3n) is 3.96. The average Bonchev–Trinajstić information content (AvgIpc) is 3.05. The molecule has 1 atom stereocenters. The van der Waals surface area contributed by atoms with Crippen molar-refractivity contribution in [2.24, 2.45) is 5.41 Å². The van der Waals surface area contributed by atoms with Crippen molar-refractivity contribution in [2.45, 2.75) is 17.7 Å². The monoisotopic (exact) mass is 354 g/mol. The molecular weight excluding hydrogens is 343 g/mol. The largest absolute Gasteiger partial charge is 0.290 e. The van der Waals surface area contributed by atoms with Gasteiger partial charge in [-0.15, -0.1) is 23.2 Å². The summed E-state index contributed by atoms with van der Waals surface area (Å²) in [5, 5.41) is 6.69. The fraction of sp³-hybridized carbons (Fsp3) is 0.286. The molecule has 3 rings (SSSR count). The zero-order valence-electron chi connectivity index (χ0n) is 11.9. The van der Waals surface area contributed by atoms with Crippen LogP contribution >= 0.6 is 23.2 Å². The highest BCUT2D eigenvalue weighted by molar-refractivity contribution is 6.53. The van der Waals surface area contributed by atoms with Gasteiger partial charge in [0.05, 0.1) is 10.8 Å². The van der Waals surface area contributed by atoms with Crippen LogP contribution in [0.15, 0.2) is 29.1 Å². The Kier molecular flexibility index (Phi) is 3.57. The standard InChI is InChI=1S/C14H12Cl2N4O3/c1-13(6-14(13,15)16)12(23)20-19-11(22)9-7-4-2-3-5-8(7)10(21)18-17-9/h2-5H,6H2,1H3,(H,18,21)(H,19,22)(H,20,23). The Bertz CT molecular complexity index is 880. The minimum atomic E-state index is -1.13. The number of nitrogens with one attached hydrogen (secondary N) is 3. The Morgan fingerprint density at radius 3 is 2.43 bits per heavy atom. The van der Waals surface area contributed by atoms with E-state index >= 15 is 0 Å². The van der Waals surface area contributed by atoms with E-state index in [9.17, 15) is 14.4 Å². The number of carbonyl (C=O) groups is 2. The predicted octanol–water partition coefficient (Wildman–Crippen LogP) is 1.27. The van der Waals surface area contributed by atoms with Crippen molar-refractivity contribution in [2.75, 3.05) is 0 Å². The molecule has 9 heteroatoms. The number of aromatic amines is 1. The molecule has 2 amide bonds. The molecule has 1 aromatic heterocycles. The van der Waals surface area contributed by atoms with E-state index in [1.807, 2.05) is 0 Å². The molecular formula is C14H12Cl2N4O3. The lowest BCUT2D eigenvalue weighted by Crippen LogP contribution is -2.46. The van der Waals surface area contributed by atoms with Crippen LogP contribution in [0.4, 0.5) is 0 Å². The fourth-order valence-electron chi connectivity index (χ4n) is 2.24. The molecule has 0 spiro atoms. The number of fused-ring (bicyclic) bond motifs is 1. The quantitative estimate of drug-likeness (QED) is 0.557. The van der Waals surface area contributed by atoms with Gasteiger partial charge in [-0.3, -0.25) is 25.2 Å². The molecule has 0 aliphatic heterocycles. The van der Waals surface area contributed by atoms with Gasteiger partial charge in [0.25, 0.3) is 11.5 Å². The number of rotatable bonds is 2. The number of halogens is 2. The summed E-state index contributed by atoms with van der Waals surface area (Å²) in [4.78, 5) is 35.9. The van der Waals surface area contributed by atoms with Crippen molar-refractivity contribution in [1.29, 1.82) is 0 Å². The Labute approximate surface area is 140 Å². The van der Waals surface area contributed by atoms with Gasteiger partial charge in [-0.1, -0.05) is 18.2 Å². The van der Waals surface area contributed by atoms with Crippen molar-refractivity contribution in [3.8, 4) is 0 Å². The van der Waals surface area contributed by atoms with E-state index in [-0.39, 0.29) is 5.69 Å². The Morgan fingerprint density at radius 1 is 1.22 bits per heavy atom. The second kappa shape index (κ2) is 5.21. The Hall–Kier alpha value is -2.12. The summed E-state index contributed by atoms with van der Waals surface area (Å²) in [6.45, 7) is 1.60. The fourth-order valence-corrected chi connectivity index (χ4v) is 2.95. The van der Waals surface area contributed by atoms with Gasteiger partial charge in [0.15, 0.2) is 5.69 Å². The summed E-state index contributed by atoms with van der Waals surface area (Å²) in [5.74, 6) is -1.16. The number of hydrazine groups is 1. The second-order valence-electron chi connectivity index (χ2n) is 5.57. The maximum atomic E-state index is 12.2. The Balaban J connectivity index is 1.79. The molecule has 1 unspecified atom stereocenters. The highest BCUT2D eigenvalue weighted by Crippen LogP contribution is 2.63. The van der Waals surface area contributed by atoms with Crippen molar-refractivity contribution < 1.29 is 9.59 Å². The SMILES string of the molecule is CC1(C(=O)NNC(=O)c2n[nH]c(=O)c3ccccc23)CC1(Cl)Cl. The second-order valence-corrected chi connectivity index (χ2v) is 7.05. The van der Waals surface area contributed by atoms with Gasteiger partial charge in [0.1, 0.15) is 4.33 Å². The first-order valence-electron chi connectivity index (χ1n) is 6.72. The number of nitrogens with zero attached hydrogens (tertiary/aromatic N) is 1. The van der Waals surface area contributed by atoms with Gasteiger partial charge in [0.2, 0.25) is 5.91 Å². The molecule has 1 fully saturated rings. The van der Waals surface area contributed by atoms with E-state index in [0.717, 1.165) is 0 Å². The van der Waals surface area contributed by atoms with Crippen molar-refractivity contribution in [3.63, 3.8) is 0 Å². The summed E-state index contributed by atoms with van der Waals surface area (Å²) in [7, 11) is 0. The zero-order chi connectivity index (χ0) is 16.8. The molecule has 1 saturated carbocycles. The summed E-state index contributed by atoms with van der Waals surface area (Å²) < 4.78 is -1.13. The third kappa shape index (κ3) is 2.55. The minimum absolute atomic E-state index is 0.00976. The molecule has 0 bridgehead atoms. The van der Waals surface area contributed by atoms with E-state index < -0.39 is 27.1 Å². The number of benzene rings is 1. The number of aromatic nitrogens is 2. The molecule has 2 aromatic rings. The number of carbonyl (C=O) groups excluding carboxylic acids is 2. The number of hydrogen-bond donors (Lipinski definition) is 3. The van der Waals surface area contributed by atoms with Gasteiger partial charge in [0, 0.05) is 5.39 Å². The number of hydrogen-bond acceptors (Lipinski definition) is 4. The lowest BCUT2D eigenvalue weighted by Gasteiger charge is -2.13. The van der Waals surface area contributed by atoms with Crippen LogP contribution < -0.4 is 16.4 Å². The first-order chi connectivity index (χ1) is 10.8. The van der Waals surface area contributed by atoms with E-state index in [4.69, 9.17) is 23.2 Å². The lowest BCUT2D eigenvalue weighted by atomic mass is 10.1. The molecule has 0 radical (unpaired) electrons. The molecule has 1 aliphatic rings. The van der Waals surface area contributed by atoms with Gasteiger partial charge in [-0.25, -0.2) is 5.10 Å². The summed E-state index contributed by atoms with van der Waals surface area (Å²) in [6, 6.07) is 6.53. The molecule has 1 aliphatic carbocycles. The lowest BCUT2D eigenvalue weighted by molar-refractivity contribution is -0.126. The highest BCUT2D eigenvalue weighted by Gasteiger charge is 2.68. The van der Waals surface area contributed by atoms with Crippen molar-refractivity contribution >= 4 is 45.8 Å². The number of H-pyrrole nitrogens is 1. The topological polar surface area (TPSA) is 104 Å².